The summed E-state index contributed by atoms with van der Waals surface area (Å²) in [5.41, 5.74) is 7.71. The van der Waals surface area contributed by atoms with Crippen LogP contribution in [-0.2, 0) is 6.54 Å². The van der Waals surface area contributed by atoms with Gasteiger partial charge in [-0.05, 0) is 12.8 Å². The Morgan fingerprint density at radius 1 is 1.37 bits per heavy atom. The highest BCUT2D eigenvalue weighted by Crippen LogP contribution is 2.31. The number of carbonyl (C=O) groups is 1. The molecule has 0 saturated heterocycles. The molecule has 0 fully saturated rings. The maximum absolute atomic E-state index is 11.3. The molecule has 1 aliphatic rings. The van der Waals surface area contributed by atoms with Gasteiger partial charge in [-0.1, -0.05) is 30.3 Å². The first-order valence-corrected chi connectivity index (χ1v) is 6.33. The van der Waals surface area contributed by atoms with E-state index in [9.17, 15) is 9.90 Å². The van der Waals surface area contributed by atoms with Crippen molar-refractivity contribution in [2.75, 3.05) is 0 Å². The van der Waals surface area contributed by atoms with Crippen LogP contribution in [0.15, 0.2) is 30.3 Å². The molecule has 0 amide bonds. The lowest BCUT2D eigenvalue weighted by atomic mass is 10.0. The fourth-order valence-corrected chi connectivity index (χ4v) is 2.64. The second kappa shape index (κ2) is 4.51. The third-order valence-corrected chi connectivity index (χ3v) is 3.49. The predicted molar refractivity (Wildman–Crippen MR) is 70.8 cm³/mol. The zero-order valence-electron chi connectivity index (χ0n) is 10.4. The second-order valence-corrected chi connectivity index (χ2v) is 4.74. The molecule has 2 aromatic rings. The van der Waals surface area contributed by atoms with Crippen LogP contribution in [0.4, 0.5) is 0 Å². The summed E-state index contributed by atoms with van der Waals surface area (Å²) in [5, 5.41) is 9.29. The minimum atomic E-state index is -1.01. The predicted octanol–water partition coefficient (Wildman–Crippen LogP) is 2.04. The van der Waals surface area contributed by atoms with E-state index in [1.54, 1.807) is 0 Å². The highest BCUT2D eigenvalue weighted by Gasteiger charge is 2.29. The van der Waals surface area contributed by atoms with Gasteiger partial charge >= 0.3 is 5.97 Å². The van der Waals surface area contributed by atoms with Gasteiger partial charge in [-0.25, -0.2) is 9.78 Å². The molecule has 98 valence electrons. The number of aromatic nitrogens is 2. The average molecular weight is 257 g/mol. The van der Waals surface area contributed by atoms with E-state index in [4.69, 9.17) is 5.73 Å². The number of hydrogen-bond donors (Lipinski definition) is 2. The Morgan fingerprint density at radius 2 is 2.11 bits per heavy atom. The largest absolute Gasteiger partial charge is 0.476 e. The summed E-state index contributed by atoms with van der Waals surface area (Å²) in [6, 6.07) is 9.38. The third-order valence-electron chi connectivity index (χ3n) is 3.49. The van der Waals surface area contributed by atoms with E-state index >= 15 is 0 Å². The number of carboxylic acids is 1. The Bertz CT molecular complexity index is 619. The standard InChI is InChI=1S/C14H15N3O2/c15-10-7-4-8-17-12(10)11(14(18)19)16-13(17)9-5-2-1-3-6-9/h1-3,5-6,10H,4,7-8,15H2,(H,18,19). The van der Waals surface area contributed by atoms with Crippen molar-refractivity contribution in [1.29, 1.82) is 0 Å². The van der Waals surface area contributed by atoms with E-state index in [0.717, 1.165) is 24.9 Å². The first-order valence-electron chi connectivity index (χ1n) is 6.33. The minimum Gasteiger partial charge on any atom is -0.476 e. The van der Waals surface area contributed by atoms with E-state index in [1.807, 2.05) is 34.9 Å². The SMILES string of the molecule is NC1CCCn2c(-c3ccccc3)nc(C(=O)O)c21. The number of rotatable bonds is 2. The second-order valence-electron chi connectivity index (χ2n) is 4.74. The summed E-state index contributed by atoms with van der Waals surface area (Å²) >= 11 is 0. The molecule has 0 aliphatic carbocycles. The van der Waals surface area contributed by atoms with Gasteiger partial charge in [0.15, 0.2) is 5.69 Å². The van der Waals surface area contributed by atoms with Gasteiger partial charge in [-0.3, -0.25) is 0 Å². The van der Waals surface area contributed by atoms with Gasteiger partial charge in [0.25, 0.3) is 0 Å². The number of benzene rings is 1. The summed E-state index contributed by atoms with van der Waals surface area (Å²) in [6.45, 7) is 0.771. The first kappa shape index (κ1) is 11.9. The highest BCUT2D eigenvalue weighted by molar-refractivity contribution is 5.88. The monoisotopic (exact) mass is 257 g/mol. The van der Waals surface area contributed by atoms with Crippen LogP contribution in [0.25, 0.3) is 11.4 Å². The molecule has 1 atom stereocenters. The van der Waals surface area contributed by atoms with Crippen molar-refractivity contribution in [3.63, 3.8) is 0 Å². The summed E-state index contributed by atoms with van der Waals surface area (Å²) in [6.07, 6.45) is 1.75. The van der Waals surface area contributed by atoms with Crippen molar-refractivity contribution in [1.82, 2.24) is 9.55 Å². The molecule has 1 aromatic heterocycles. The molecule has 0 radical (unpaired) electrons. The van der Waals surface area contributed by atoms with Crippen molar-refractivity contribution in [2.24, 2.45) is 5.73 Å². The smallest absolute Gasteiger partial charge is 0.356 e. The van der Waals surface area contributed by atoms with E-state index in [2.05, 4.69) is 4.98 Å². The zero-order chi connectivity index (χ0) is 13.4. The Labute approximate surface area is 110 Å². The fraction of sp³-hybridized carbons (Fsp3) is 0.286. The Hall–Kier alpha value is -2.14. The third kappa shape index (κ3) is 1.92. The van der Waals surface area contributed by atoms with E-state index < -0.39 is 5.97 Å². The molecule has 1 unspecified atom stereocenters. The van der Waals surface area contributed by atoms with Crippen molar-refractivity contribution < 1.29 is 9.90 Å². The average Bonchev–Trinajstić information content (AvgIpc) is 2.81. The molecule has 5 heteroatoms. The lowest BCUT2D eigenvalue weighted by Gasteiger charge is -2.22. The van der Waals surface area contributed by atoms with Gasteiger partial charge in [0.05, 0.1) is 5.69 Å². The number of fused-ring (bicyclic) bond motifs is 1. The van der Waals surface area contributed by atoms with Gasteiger partial charge < -0.3 is 15.4 Å². The van der Waals surface area contributed by atoms with Crippen LogP contribution in [0.3, 0.4) is 0 Å². The maximum atomic E-state index is 11.3. The lowest BCUT2D eigenvalue weighted by Crippen LogP contribution is -2.23. The molecule has 1 aliphatic heterocycles. The van der Waals surface area contributed by atoms with Gasteiger partial charge in [-0.2, -0.15) is 0 Å². The first-order chi connectivity index (χ1) is 9.18. The fourth-order valence-electron chi connectivity index (χ4n) is 2.64. The van der Waals surface area contributed by atoms with Crippen LogP contribution in [0.5, 0.6) is 0 Å². The van der Waals surface area contributed by atoms with Crippen molar-refractivity contribution in [3.8, 4) is 11.4 Å². The van der Waals surface area contributed by atoms with Crippen molar-refractivity contribution >= 4 is 5.97 Å². The van der Waals surface area contributed by atoms with Crippen molar-refractivity contribution in [2.45, 2.75) is 25.4 Å². The minimum absolute atomic E-state index is 0.0889. The molecule has 19 heavy (non-hydrogen) atoms. The quantitative estimate of drug-likeness (QED) is 0.862. The van der Waals surface area contributed by atoms with Crippen molar-refractivity contribution in [3.05, 3.63) is 41.7 Å². The molecular weight excluding hydrogens is 242 g/mol. The number of carboxylic acid groups (broad SMARTS) is 1. The van der Waals surface area contributed by atoms with Gasteiger partial charge in [-0.15, -0.1) is 0 Å². The van der Waals surface area contributed by atoms with Crippen LogP contribution in [0, 0.1) is 0 Å². The molecule has 0 bridgehead atoms. The van der Waals surface area contributed by atoms with Crippen LogP contribution in [-0.4, -0.2) is 20.6 Å². The Morgan fingerprint density at radius 3 is 2.79 bits per heavy atom. The number of imidazole rings is 1. The number of hydrogen-bond acceptors (Lipinski definition) is 3. The van der Waals surface area contributed by atoms with Gasteiger partial charge in [0, 0.05) is 18.2 Å². The molecule has 3 N–H and O–H groups in total. The molecule has 5 nitrogen and oxygen atoms in total. The number of nitrogens with two attached hydrogens (primary N) is 1. The number of nitrogens with zero attached hydrogens (tertiary/aromatic N) is 2. The Balaban J connectivity index is 2.22. The molecule has 1 aromatic carbocycles. The number of aromatic carboxylic acids is 1. The molecule has 0 spiro atoms. The van der Waals surface area contributed by atoms with Crippen LogP contribution in [0.1, 0.15) is 35.1 Å². The van der Waals surface area contributed by atoms with E-state index in [0.29, 0.717) is 11.5 Å². The highest BCUT2D eigenvalue weighted by atomic mass is 16.4. The molecule has 2 heterocycles. The topological polar surface area (TPSA) is 81.1 Å². The van der Waals surface area contributed by atoms with Crippen LogP contribution < -0.4 is 5.73 Å². The normalized spacial score (nSPS) is 18.1. The summed E-state index contributed by atoms with van der Waals surface area (Å²) in [5.74, 6) is -0.313. The van der Waals surface area contributed by atoms with Gasteiger partial charge in [0.2, 0.25) is 0 Å². The summed E-state index contributed by atoms with van der Waals surface area (Å²) < 4.78 is 1.95. The zero-order valence-corrected chi connectivity index (χ0v) is 10.4. The van der Waals surface area contributed by atoms with Crippen LogP contribution >= 0.6 is 0 Å². The molecule has 3 rings (SSSR count). The molecular formula is C14H15N3O2. The summed E-state index contributed by atoms with van der Waals surface area (Å²) in [7, 11) is 0. The van der Waals surface area contributed by atoms with Crippen LogP contribution in [0.2, 0.25) is 0 Å². The Kier molecular flexibility index (Phi) is 2.83. The lowest BCUT2D eigenvalue weighted by molar-refractivity contribution is 0.0688. The van der Waals surface area contributed by atoms with E-state index in [1.165, 1.54) is 0 Å². The van der Waals surface area contributed by atoms with E-state index in [-0.39, 0.29) is 11.7 Å². The summed E-state index contributed by atoms with van der Waals surface area (Å²) in [4.78, 5) is 15.6. The van der Waals surface area contributed by atoms with Gasteiger partial charge in [0.1, 0.15) is 5.82 Å². The molecule has 0 saturated carbocycles. The maximum Gasteiger partial charge on any atom is 0.356 e.